The van der Waals surface area contributed by atoms with Crippen molar-refractivity contribution in [2.24, 2.45) is 0 Å². The standard InChI is InChI=1S/C13H19N3O3/c17-13(16-5-7-18-8-6-16)11-9-15-12(19-11)10-1-3-14-4-2-10/h9-10,14H,1-8H2. The topological polar surface area (TPSA) is 67.6 Å². The van der Waals surface area contributed by atoms with Gasteiger partial charge in [-0.3, -0.25) is 4.79 Å². The lowest BCUT2D eigenvalue weighted by molar-refractivity contribution is 0.0281. The van der Waals surface area contributed by atoms with Crippen LogP contribution in [0.2, 0.25) is 0 Å². The summed E-state index contributed by atoms with van der Waals surface area (Å²) < 4.78 is 10.9. The van der Waals surface area contributed by atoms with Crippen LogP contribution in [0.4, 0.5) is 0 Å². The Morgan fingerprint density at radius 3 is 2.79 bits per heavy atom. The number of carbonyl (C=O) groups excluding carboxylic acids is 1. The molecule has 1 aromatic heterocycles. The second-order valence-corrected chi connectivity index (χ2v) is 4.99. The molecule has 0 saturated carbocycles. The van der Waals surface area contributed by atoms with Crippen LogP contribution in [-0.4, -0.2) is 55.2 Å². The first-order valence-corrected chi connectivity index (χ1v) is 6.88. The number of carbonyl (C=O) groups is 1. The van der Waals surface area contributed by atoms with Crippen molar-refractivity contribution in [3.63, 3.8) is 0 Å². The van der Waals surface area contributed by atoms with E-state index < -0.39 is 0 Å². The molecule has 1 N–H and O–H groups in total. The highest BCUT2D eigenvalue weighted by Gasteiger charge is 2.25. The van der Waals surface area contributed by atoms with Gasteiger partial charge in [-0.25, -0.2) is 4.98 Å². The quantitative estimate of drug-likeness (QED) is 0.848. The number of nitrogens with zero attached hydrogens (tertiary/aromatic N) is 2. The van der Waals surface area contributed by atoms with E-state index >= 15 is 0 Å². The predicted octanol–water partition coefficient (Wildman–Crippen LogP) is 0.614. The number of piperidine rings is 1. The number of hydrogen-bond donors (Lipinski definition) is 1. The number of amides is 1. The Bertz CT molecular complexity index is 434. The molecule has 0 bridgehead atoms. The van der Waals surface area contributed by atoms with Crippen molar-refractivity contribution in [2.75, 3.05) is 39.4 Å². The lowest BCUT2D eigenvalue weighted by Crippen LogP contribution is -2.40. The molecule has 2 aliphatic rings. The van der Waals surface area contributed by atoms with Gasteiger partial charge < -0.3 is 19.4 Å². The normalized spacial score (nSPS) is 21.6. The van der Waals surface area contributed by atoms with Crippen LogP contribution in [0, 0.1) is 0 Å². The van der Waals surface area contributed by atoms with Gasteiger partial charge in [0.25, 0.3) is 5.91 Å². The summed E-state index contributed by atoms with van der Waals surface area (Å²) in [5.41, 5.74) is 0. The van der Waals surface area contributed by atoms with E-state index in [-0.39, 0.29) is 5.91 Å². The number of morpholine rings is 1. The van der Waals surface area contributed by atoms with Gasteiger partial charge in [-0.15, -0.1) is 0 Å². The van der Waals surface area contributed by atoms with Crippen molar-refractivity contribution >= 4 is 5.91 Å². The van der Waals surface area contributed by atoms with E-state index in [4.69, 9.17) is 9.15 Å². The van der Waals surface area contributed by atoms with Gasteiger partial charge in [0, 0.05) is 19.0 Å². The molecule has 0 aromatic carbocycles. The molecule has 0 spiro atoms. The van der Waals surface area contributed by atoms with Gasteiger partial charge in [-0.05, 0) is 25.9 Å². The van der Waals surface area contributed by atoms with Gasteiger partial charge in [-0.1, -0.05) is 0 Å². The predicted molar refractivity (Wildman–Crippen MR) is 68.1 cm³/mol. The Labute approximate surface area is 112 Å². The van der Waals surface area contributed by atoms with Crippen molar-refractivity contribution in [3.05, 3.63) is 17.8 Å². The van der Waals surface area contributed by atoms with E-state index in [1.165, 1.54) is 0 Å². The molecule has 3 heterocycles. The van der Waals surface area contributed by atoms with Crippen LogP contribution in [0.5, 0.6) is 0 Å². The van der Waals surface area contributed by atoms with Crippen LogP contribution in [0.1, 0.15) is 35.2 Å². The molecule has 19 heavy (non-hydrogen) atoms. The minimum atomic E-state index is -0.0732. The molecule has 0 unspecified atom stereocenters. The molecule has 2 aliphatic heterocycles. The monoisotopic (exact) mass is 265 g/mol. The fourth-order valence-electron chi connectivity index (χ4n) is 2.57. The summed E-state index contributed by atoms with van der Waals surface area (Å²) in [6, 6.07) is 0. The van der Waals surface area contributed by atoms with E-state index in [0.29, 0.717) is 43.9 Å². The number of ether oxygens (including phenoxy) is 1. The molecule has 1 amide bonds. The Morgan fingerprint density at radius 1 is 1.32 bits per heavy atom. The van der Waals surface area contributed by atoms with Crippen LogP contribution >= 0.6 is 0 Å². The average Bonchev–Trinajstić information content (AvgIpc) is 2.98. The largest absolute Gasteiger partial charge is 0.435 e. The van der Waals surface area contributed by atoms with Gasteiger partial charge in [0.05, 0.1) is 19.4 Å². The number of aromatic nitrogens is 1. The van der Waals surface area contributed by atoms with Crippen LogP contribution in [0.25, 0.3) is 0 Å². The van der Waals surface area contributed by atoms with Crippen LogP contribution in [0.15, 0.2) is 10.6 Å². The molecule has 104 valence electrons. The molecule has 0 radical (unpaired) electrons. The highest BCUT2D eigenvalue weighted by Crippen LogP contribution is 2.25. The molecular weight excluding hydrogens is 246 g/mol. The Hall–Kier alpha value is -1.40. The van der Waals surface area contributed by atoms with E-state index in [0.717, 1.165) is 25.9 Å². The van der Waals surface area contributed by atoms with E-state index in [9.17, 15) is 4.79 Å². The summed E-state index contributed by atoms with van der Waals surface area (Å²) in [6.07, 6.45) is 3.60. The number of hydrogen-bond acceptors (Lipinski definition) is 5. The molecule has 1 aromatic rings. The zero-order valence-corrected chi connectivity index (χ0v) is 10.9. The summed E-state index contributed by atoms with van der Waals surface area (Å²) in [7, 11) is 0. The summed E-state index contributed by atoms with van der Waals surface area (Å²) in [6.45, 7) is 4.42. The van der Waals surface area contributed by atoms with Gasteiger partial charge in [0.15, 0.2) is 5.89 Å². The zero-order chi connectivity index (χ0) is 13.1. The maximum absolute atomic E-state index is 12.2. The van der Waals surface area contributed by atoms with Crippen molar-refractivity contribution < 1.29 is 13.9 Å². The van der Waals surface area contributed by atoms with Gasteiger partial charge in [-0.2, -0.15) is 0 Å². The highest BCUT2D eigenvalue weighted by molar-refractivity contribution is 5.91. The zero-order valence-electron chi connectivity index (χ0n) is 10.9. The molecule has 6 heteroatoms. The fourth-order valence-corrected chi connectivity index (χ4v) is 2.57. The van der Waals surface area contributed by atoms with E-state index in [1.807, 2.05) is 0 Å². The Kier molecular flexibility index (Phi) is 3.79. The van der Waals surface area contributed by atoms with Gasteiger partial charge >= 0.3 is 0 Å². The lowest BCUT2D eigenvalue weighted by Gasteiger charge is -2.25. The number of oxazole rings is 1. The molecule has 0 atom stereocenters. The number of nitrogens with one attached hydrogen (secondary N) is 1. The maximum Gasteiger partial charge on any atom is 0.291 e. The Morgan fingerprint density at radius 2 is 2.05 bits per heavy atom. The fraction of sp³-hybridized carbons (Fsp3) is 0.692. The Balaban J connectivity index is 1.67. The highest BCUT2D eigenvalue weighted by atomic mass is 16.5. The van der Waals surface area contributed by atoms with Crippen molar-refractivity contribution in [1.29, 1.82) is 0 Å². The third-order valence-corrected chi connectivity index (χ3v) is 3.72. The van der Waals surface area contributed by atoms with E-state index in [1.54, 1.807) is 11.1 Å². The average molecular weight is 265 g/mol. The first-order chi connectivity index (χ1) is 9.34. The minimum Gasteiger partial charge on any atom is -0.435 e. The van der Waals surface area contributed by atoms with Crippen LogP contribution in [-0.2, 0) is 4.74 Å². The first kappa shape index (κ1) is 12.6. The van der Waals surface area contributed by atoms with E-state index in [2.05, 4.69) is 10.3 Å². The molecular formula is C13H19N3O3. The third-order valence-electron chi connectivity index (χ3n) is 3.72. The molecule has 3 rings (SSSR count). The van der Waals surface area contributed by atoms with Gasteiger partial charge in [0.1, 0.15) is 0 Å². The van der Waals surface area contributed by atoms with Crippen molar-refractivity contribution in [3.8, 4) is 0 Å². The first-order valence-electron chi connectivity index (χ1n) is 6.88. The summed E-state index contributed by atoms with van der Waals surface area (Å²) in [5.74, 6) is 1.33. The second kappa shape index (κ2) is 5.71. The second-order valence-electron chi connectivity index (χ2n) is 4.99. The van der Waals surface area contributed by atoms with Crippen LogP contribution < -0.4 is 5.32 Å². The molecule has 2 saturated heterocycles. The summed E-state index contributed by atoms with van der Waals surface area (Å²) in [4.78, 5) is 18.3. The summed E-state index contributed by atoms with van der Waals surface area (Å²) in [5, 5.41) is 3.31. The van der Waals surface area contributed by atoms with Crippen LogP contribution in [0.3, 0.4) is 0 Å². The lowest BCUT2D eigenvalue weighted by atomic mass is 9.98. The molecule has 0 aliphatic carbocycles. The maximum atomic E-state index is 12.2. The number of rotatable bonds is 2. The third kappa shape index (κ3) is 2.79. The summed E-state index contributed by atoms with van der Waals surface area (Å²) >= 11 is 0. The van der Waals surface area contributed by atoms with Crippen molar-refractivity contribution in [2.45, 2.75) is 18.8 Å². The smallest absolute Gasteiger partial charge is 0.291 e. The SMILES string of the molecule is O=C(c1cnc(C2CCNCC2)o1)N1CCOCC1. The molecule has 6 nitrogen and oxygen atoms in total. The van der Waals surface area contributed by atoms with Crippen molar-refractivity contribution in [1.82, 2.24) is 15.2 Å². The van der Waals surface area contributed by atoms with Gasteiger partial charge in [0.2, 0.25) is 5.76 Å². The molecule has 2 fully saturated rings. The minimum absolute atomic E-state index is 0.0732.